The molecule has 1 aromatic carbocycles. The highest BCUT2D eigenvalue weighted by molar-refractivity contribution is 5.93. The first-order valence-corrected chi connectivity index (χ1v) is 6.37. The topological polar surface area (TPSA) is 87.7 Å². The number of rotatable bonds is 2. The molecule has 0 aliphatic heterocycles. The number of para-hydroxylation sites is 1. The number of pyridine rings is 1. The minimum absolute atomic E-state index is 0.207. The van der Waals surface area contributed by atoms with Crippen LogP contribution in [0.4, 0.5) is 5.69 Å². The maximum absolute atomic E-state index is 12.2. The Balaban J connectivity index is 2.23. The van der Waals surface area contributed by atoms with Gasteiger partial charge in [0, 0.05) is 18.7 Å². The molecule has 0 saturated carbocycles. The number of nitrogens with zero attached hydrogens (tertiary/aromatic N) is 2. The smallest absolute Gasteiger partial charge is 0.276 e. The number of amides is 1. The molecule has 0 aliphatic carbocycles. The van der Waals surface area contributed by atoms with Crippen LogP contribution in [0.2, 0.25) is 0 Å². The molecule has 6 nitrogen and oxygen atoms in total. The molecule has 1 amide bonds. The van der Waals surface area contributed by atoms with Gasteiger partial charge in [0.05, 0.1) is 5.69 Å². The van der Waals surface area contributed by atoms with E-state index in [0.29, 0.717) is 22.4 Å². The number of aromatic amines is 1. The highest BCUT2D eigenvalue weighted by Gasteiger charge is 2.12. The second-order valence-electron chi connectivity index (χ2n) is 4.51. The van der Waals surface area contributed by atoms with E-state index in [1.165, 1.54) is 6.92 Å². The van der Waals surface area contributed by atoms with Crippen LogP contribution in [0.25, 0.3) is 22.4 Å². The molecule has 104 valence electrons. The molecule has 2 heterocycles. The predicted octanol–water partition coefficient (Wildman–Crippen LogP) is 1.94. The van der Waals surface area contributed by atoms with E-state index in [0.717, 1.165) is 0 Å². The lowest BCUT2D eigenvalue weighted by molar-refractivity contribution is -0.114. The quantitative estimate of drug-likeness (QED) is 0.751. The summed E-state index contributed by atoms with van der Waals surface area (Å²) in [7, 11) is 0. The molecule has 0 bridgehead atoms. The van der Waals surface area contributed by atoms with Crippen LogP contribution >= 0.6 is 0 Å². The molecule has 0 atom stereocenters. The minimum atomic E-state index is -0.348. The van der Waals surface area contributed by atoms with Crippen molar-refractivity contribution in [1.29, 1.82) is 0 Å². The third kappa shape index (κ3) is 2.51. The average molecular weight is 280 g/mol. The fourth-order valence-electron chi connectivity index (χ4n) is 2.09. The SMILES string of the molecule is CC(=O)Nc1ccccc1-c1nc2cccnc2[nH]c1=O. The molecule has 2 N–H and O–H groups in total. The number of benzene rings is 1. The number of H-pyrrole nitrogens is 1. The van der Waals surface area contributed by atoms with E-state index >= 15 is 0 Å². The summed E-state index contributed by atoms with van der Waals surface area (Å²) in [6, 6.07) is 10.6. The molecule has 0 saturated heterocycles. The number of hydrogen-bond donors (Lipinski definition) is 2. The van der Waals surface area contributed by atoms with Crippen LogP contribution in [0.5, 0.6) is 0 Å². The van der Waals surface area contributed by atoms with Gasteiger partial charge in [0.25, 0.3) is 5.56 Å². The van der Waals surface area contributed by atoms with Crippen molar-refractivity contribution in [1.82, 2.24) is 15.0 Å². The Morgan fingerprint density at radius 1 is 1.19 bits per heavy atom. The maximum Gasteiger partial charge on any atom is 0.276 e. The Morgan fingerprint density at radius 3 is 2.81 bits per heavy atom. The lowest BCUT2D eigenvalue weighted by atomic mass is 10.1. The standard InChI is InChI=1S/C15H12N4O2/c1-9(20)17-11-6-3-2-5-10(11)13-15(21)19-14-12(18-13)7-4-8-16-14/h2-8H,1H3,(H,17,20)(H,16,19,21). The van der Waals surface area contributed by atoms with Crippen LogP contribution in [0, 0.1) is 0 Å². The number of fused-ring (bicyclic) bond motifs is 1. The van der Waals surface area contributed by atoms with Gasteiger partial charge in [-0.05, 0) is 18.2 Å². The van der Waals surface area contributed by atoms with Gasteiger partial charge in [-0.2, -0.15) is 0 Å². The van der Waals surface area contributed by atoms with E-state index < -0.39 is 0 Å². The number of carbonyl (C=O) groups excluding carboxylic acids is 1. The highest BCUT2D eigenvalue weighted by Crippen LogP contribution is 2.24. The third-order valence-electron chi connectivity index (χ3n) is 2.96. The fourth-order valence-corrected chi connectivity index (χ4v) is 2.09. The zero-order valence-electron chi connectivity index (χ0n) is 11.3. The lowest BCUT2D eigenvalue weighted by Gasteiger charge is -2.09. The van der Waals surface area contributed by atoms with Gasteiger partial charge in [-0.25, -0.2) is 9.97 Å². The second kappa shape index (κ2) is 5.16. The Labute approximate surface area is 119 Å². The van der Waals surface area contributed by atoms with Crippen LogP contribution in [-0.2, 0) is 4.79 Å². The molecule has 21 heavy (non-hydrogen) atoms. The van der Waals surface area contributed by atoms with E-state index in [1.807, 2.05) is 0 Å². The van der Waals surface area contributed by atoms with Crippen LogP contribution in [0.3, 0.4) is 0 Å². The molecule has 0 aliphatic rings. The highest BCUT2D eigenvalue weighted by atomic mass is 16.1. The Kier molecular flexibility index (Phi) is 3.19. The summed E-state index contributed by atoms with van der Waals surface area (Å²) in [5.41, 5.74) is 2.04. The average Bonchev–Trinajstić information content (AvgIpc) is 2.47. The van der Waals surface area contributed by atoms with Crippen molar-refractivity contribution in [2.45, 2.75) is 6.92 Å². The van der Waals surface area contributed by atoms with Gasteiger partial charge in [0.15, 0.2) is 5.65 Å². The summed E-state index contributed by atoms with van der Waals surface area (Å²) >= 11 is 0. The Hall–Kier alpha value is -3.02. The Bertz CT molecular complexity index is 886. The number of nitrogens with one attached hydrogen (secondary N) is 2. The molecule has 3 aromatic rings. The van der Waals surface area contributed by atoms with Gasteiger partial charge in [0.2, 0.25) is 5.91 Å². The zero-order valence-corrected chi connectivity index (χ0v) is 11.3. The summed E-state index contributed by atoms with van der Waals surface area (Å²) in [6.45, 7) is 1.42. The van der Waals surface area contributed by atoms with E-state index in [9.17, 15) is 9.59 Å². The predicted molar refractivity (Wildman–Crippen MR) is 79.9 cm³/mol. The number of carbonyl (C=O) groups is 1. The summed E-state index contributed by atoms with van der Waals surface area (Å²) in [4.78, 5) is 34.6. The van der Waals surface area contributed by atoms with Crippen molar-refractivity contribution in [2.75, 3.05) is 5.32 Å². The van der Waals surface area contributed by atoms with E-state index in [4.69, 9.17) is 0 Å². The van der Waals surface area contributed by atoms with Gasteiger partial charge in [-0.3, -0.25) is 9.59 Å². The van der Waals surface area contributed by atoms with Crippen molar-refractivity contribution in [3.63, 3.8) is 0 Å². The summed E-state index contributed by atoms with van der Waals surface area (Å²) in [5.74, 6) is -0.207. The van der Waals surface area contributed by atoms with Crippen molar-refractivity contribution in [2.24, 2.45) is 0 Å². The van der Waals surface area contributed by atoms with Crippen LogP contribution in [-0.4, -0.2) is 20.9 Å². The first-order valence-electron chi connectivity index (χ1n) is 6.37. The van der Waals surface area contributed by atoms with E-state index in [2.05, 4.69) is 20.3 Å². The normalized spacial score (nSPS) is 10.5. The van der Waals surface area contributed by atoms with Gasteiger partial charge >= 0.3 is 0 Å². The molecule has 0 radical (unpaired) electrons. The Morgan fingerprint density at radius 2 is 2.00 bits per heavy atom. The van der Waals surface area contributed by atoms with Crippen LogP contribution in [0.1, 0.15) is 6.92 Å². The van der Waals surface area contributed by atoms with E-state index in [-0.39, 0.29) is 17.2 Å². The zero-order chi connectivity index (χ0) is 14.8. The maximum atomic E-state index is 12.2. The summed E-state index contributed by atoms with van der Waals surface area (Å²) < 4.78 is 0. The molecule has 6 heteroatoms. The van der Waals surface area contributed by atoms with Crippen LogP contribution < -0.4 is 10.9 Å². The van der Waals surface area contributed by atoms with Gasteiger partial charge in [-0.15, -0.1) is 0 Å². The molecular formula is C15H12N4O2. The second-order valence-corrected chi connectivity index (χ2v) is 4.51. The first-order chi connectivity index (χ1) is 10.1. The van der Waals surface area contributed by atoms with Crippen LogP contribution in [0.15, 0.2) is 47.4 Å². The third-order valence-corrected chi connectivity index (χ3v) is 2.96. The molecule has 0 unspecified atom stereocenters. The molecule has 0 spiro atoms. The van der Waals surface area contributed by atoms with E-state index in [1.54, 1.807) is 42.6 Å². The fraction of sp³-hybridized carbons (Fsp3) is 0.0667. The minimum Gasteiger partial charge on any atom is -0.326 e. The molecule has 2 aromatic heterocycles. The monoisotopic (exact) mass is 280 g/mol. The molecule has 3 rings (SSSR count). The van der Waals surface area contributed by atoms with Crippen molar-refractivity contribution in [3.05, 3.63) is 52.9 Å². The number of anilines is 1. The number of hydrogen-bond acceptors (Lipinski definition) is 4. The van der Waals surface area contributed by atoms with Gasteiger partial charge in [0.1, 0.15) is 11.2 Å². The van der Waals surface area contributed by atoms with Crippen molar-refractivity contribution in [3.8, 4) is 11.3 Å². The summed E-state index contributed by atoms with van der Waals surface area (Å²) in [5, 5.41) is 2.70. The molecule has 0 fully saturated rings. The number of aromatic nitrogens is 3. The first kappa shape index (κ1) is 13.0. The van der Waals surface area contributed by atoms with Gasteiger partial charge in [-0.1, -0.05) is 18.2 Å². The lowest BCUT2D eigenvalue weighted by Crippen LogP contribution is -2.14. The van der Waals surface area contributed by atoms with Gasteiger partial charge < -0.3 is 10.3 Å². The van der Waals surface area contributed by atoms with Crippen molar-refractivity contribution < 1.29 is 4.79 Å². The summed E-state index contributed by atoms with van der Waals surface area (Å²) in [6.07, 6.45) is 1.59. The molecular weight excluding hydrogens is 268 g/mol. The largest absolute Gasteiger partial charge is 0.326 e. The van der Waals surface area contributed by atoms with Crippen molar-refractivity contribution >= 4 is 22.8 Å².